The van der Waals surface area contributed by atoms with E-state index in [0.29, 0.717) is 0 Å². The molecular formula is C28H18OS. The van der Waals surface area contributed by atoms with Crippen molar-refractivity contribution in [1.29, 1.82) is 0 Å². The van der Waals surface area contributed by atoms with Crippen LogP contribution >= 0.6 is 11.3 Å². The van der Waals surface area contributed by atoms with E-state index < -0.39 is 0 Å². The first kappa shape index (κ1) is 17.3. The molecule has 0 saturated carbocycles. The van der Waals surface area contributed by atoms with Gasteiger partial charge < -0.3 is 4.42 Å². The summed E-state index contributed by atoms with van der Waals surface area (Å²) in [6, 6.07) is 34.2. The Kier molecular flexibility index (Phi) is 4.03. The lowest BCUT2D eigenvalue weighted by Gasteiger charge is -1.98. The van der Waals surface area contributed by atoms with Crippen molar-refractivity contribution in [2.45, 2.75) is 0 Å². The summed E-state index contributed by atoms with van der Waals surface area (Å²) in [5, 5.41) is 4.79. The van der Waals surface area contributed by atoms with Crippen molar-refractivity contribution < 1.29 is 4.42 Å². The topological polar surface area (TPSA) is 13.1 Å². The summed E-state index contributed by atoms with van der Waals surface area (Å²) in [5.41, 5.74) is 3.36. The highest BCUT2D eigenvalue weighted by Crippen LogP contribution is 2.34. The van der Waals surface area contributed by atoms with Crippen LogP contribution < -0.4 is 0 Å². The van der Waals surface area contributed by atoms with Gasteiger partial charge in [-0.3, -0.25) is 0 Å². The van der Waals surface area contributed by atoms with Crippen LogP contribution in [-0.2, 0) is 0 Å². The third-order valence-electron chi connectivity index (χ3n) is 5.49. The summed E-state index contributed by atoms with van der Waals surface area (Å²) in [5.74, 6) is 0.870. The molecule has 2 aromatic heterocycles. The number of thiophene rings is 1. The molecule has 0 saturated heterocycles. The van der Waals surface area contributed by atoms with Gasteiger partial charge in [-0.05, 0) is 46.2 Å². The van der Waals surface area contributed by atoms with E-state index in [2.05, 4.69) is 103 Å². The maximum Gasteiger partial charge on any atom is 0.142 e. The zero-order valence-electron chi connectivity index (χ0n) is 16.2. The van der Waals surface area contributed by atoms with Crippen LogP contribution in [0.3, 0.4) is 0 Å². The molecular weight excluding hydrogens is 384 g/mol. The Hall–Kier alpha value is -3.62. The zero-order chi connectivity index (χ0) is 19.9. The highest BCUT2D eigenvalue weighted by Gasteiger charge is 2.06. The Bertz CT molecular complexity index is 1500. The molecule has 4 aromatic carbocycles. The van der Waals surface area contributed by atoms with Crippen LogP contribution in [-0.4, -0.2) is 0 Å². The predicted molar refractivity (Wildman–Crippen MR) is 130 cm³/mol. The van der Waals surface area contributed by atoms with E-state index in [9.17, 15) is 0 Å². The van der Waals surface area contributed by atoms with E-state index in [0.717, 1.165) is 27.7 Å². The molecule has 2 heterocycles. The van der Waals surface area contributed by atoms with Gasteiger partial charge in [0.1, 0.15) is 11.3 Å². The largest absolute Gasteiger partial charge is 0.456 e. The lowest BCUT2D eigenvalue weighted by Crippen LogP contribution is -1.74. The first-order valence-corrected chi connectivity index (χ1v) is 10.8. The van der Waals surface area contributed by atoms with Crippen molar-refractivity contribution in [3.05, 3.63) is 108 Å². The normalized spacial score (nSPS) is 11.9. The molecule has 0 unspecified atom stereocenters. The molecule has 142 valence electrons. The van der Waals surface area contributed by atoms with E-state index in [4.69, 9.17) is 4.42 Å². The Balaban J connectivity index is 1.29. The van der Waals surface area contributed by atoms with Crippen LogP contribution in [0, 0.1) is 0 Å². The number of furan rings is 1. The maximum atomic E-state index is 6.14. The third-order valence-corrected chi connectivity index (χ3v) is 6.65. The number of rotatable bonds is 3. The minimum absolute atomic E-state index is 0.870. The number of fused-ring (bicyclic) bond motifs is 4. The number of hydrogen-bond donors (Lipinski definition) is 0. The van der Waals surface area contributed by atoms with Crippen LogP contribution in [0.2, 0.25) is 0 Å². The van der Waals surface area contributed by atoms with Crippen LogP contribution in [0.5, 0.6) is 0 Å². The number of hydrogen-bond acceptors (Lipinski definition) is 2. The van der Waals surface area contributed by atoms with Crippen LogP contribution in [0.1, 0.15) is 11.3 Å². The first-order valence-electron chi connectivity index (χ1n) is 10.0. The summed E-state index contributed by atoms with van der Waals surface area (Å²) in [6.45, 7) is 0. The van der Waals surface area contributed by atoms with Gasteiger partial charge in [0, 0.05) is 20.3 Å². The Morgan fingerprint density at radius 1 is 0.633 bits per heavy atom. The molecule has 2 heteroatoms. The molecule has 1 nitrogen and oxygen atoms in total. The highest BCUT2D eigenvalue weighted by atomic mass is 32.1. The minimum Gasteiger partial charge on any atom is -0.456 e. The molecule has 0 bridgehead atoms. The smallest absolute Gasteiger partial charge is 0.142 e. The standard InChI is InChI=1S/C28H18OS/c1-3-7-25-20(5-1)14-15-23-17-24(29-28(23)25)16-11-19-9-12-21(13-10-19)27-18-22-6-2-4-8-26(22)30-27/h1-18H. The van der Waals surface area contributed by atoms with Crippen molar-refractivity contribution in [2.75, 3.05) is 0 Å². The van der Waals surface area contributed by atoms with Gasteiger partial charge in [-0.25, -0.2) is 0 Å². The van der Waals surface area contributed by atoms with Crippen LogP contribution in [0.15, 0.2) is 101 Å². The van der Waals surface area contributed by atoms with Crippen molar-refractivity contribution in [1.82, 2.24) is 0 Å². The molecule has 0 N–H and O–H groups in total. The molecule has 0 radical (unpaired) electrons. The van der Waals surface area contributed by atoms with Gasteiger partial charge in [-0.2, -0.15) is 0 Å². The van der Waals surface area contributed by atoms with Gasteiger partial charge in [-0.15, -0.1) is 11.3 Å². The molecule has 0 fully saturated rings. The molecule has 0 amide bonds. The third kappa shape index (κ3) is 3.02. The Labute approximate surface area is 178 Å². The van der Waals surface area contributed by atoms with Crippen molar-refractivity contribution >= 4 is 55.3 Å². The van der Waals surface area contributed by atoms with Gasteiger partial charge in [0.05, 0.1) is 0 Å². The molecule has 6 aromatic rings. The second kappa shape index (κ2) is 7.01. The summed E-state index contributed by atoms with van der Waals surface area (Å²) < 4.78 is 7.47. The first-order chi connectivity index (χ1) is 14.8. The summed E-state index contributed by atoms with van der Waals surface area (Å²) in [4.78, 5) is 1.30. The minimum atomic E-state index is 0.870. The predicted octanol–water partition coefficient (Wildman–Crippen LogP) is 8.64. The lowest BCUT2D eigenvalue weighted by molar-refractivity contribution is 0.608. The van der Waals surface area contributed by atoms with Crippen LogP contribution in [0.25, 0.3) is 54.4 Å². The van der Waals surface area contributed by atoms with E-state index in [1.54, 1.807) is 0 Å². The summed E-state index contributed by atoms with van der Waals surface area (Å²) >= 11 is 1.84. The van der Waals surface area contributed by atoms with E-state index in [-0.39, 0.29) is 0 Å². The summed E-state index contributed by atoms with van der Waals surface area (Å²) in [6.07, 6.45) is 4.15. The maximum absolute atomic E-state index is 6.14. The fraction of sp³-hybridized carbons (Fsp3) is 0. The van der Waals surface area contributed by atoms with E-state index in [1.807, 2.05) is 17.4 Å². The van der Waals surface area contributed by atoms with Crippen molar-refractivity contribution in [3.8, 4) is 10.4 Å². The quantitative estimate of drug-likeness (QED) is 0.289. The van der Waals surface area contributed by atoms with Crippen LogP contribution in [0.4, 0.5) is 0 Å². The van der Waals surface area contributed by atoms with E-state index in [1.165, 1.54) is 25.9 Å². The summed E-state index contributed by atoms with van der Waals surface area (Å²) in [7, 11) is 0. The fourth-order valence-electron chi connectivity index (χ4n) is 3.93. The van der Waals surface area contributed by atoms with Gasteiger partial charge >= 0.3 is 0 Å². The second-order valence-electron chi connectivity index (χ2n) is 7.46. The van der Waals surface area contributed by atoms with E-state index >= 15 is 0 Å². The molecule has 30 heavy (non-hydrogen) atoms. The molecule has 0 aliphatic carbocycles. The fourth-order valence-corrected chi connectivity index (χ4v) is 5.00. The van der Waals surface area contributed by atoms with Gasteiger partial charge in [0.2, 0.25) is 0 Å². The Morgan fingerprint density at radius 3 is 2.27 bits per heavy atom. The number of benzene rings is 4. The average molecular weight is 403 g/mol. The van der Waals surface area contributed by atoms with Gasteiger partial charge in [0.25, 0.3) is 0 Å². The molecule has 0 aliphatic rings. The van der Waals surface area contributed by atoms with Crippen molar-refractivity contribution in [2.24, 2.45) is 0 Å². The molecule has 0 atom stereocenters. The SMILES string of the molecule is C(=Cc1cc2ccc3ccccc3c2o1)c1ccc(-c2cc3ccccc3s2)cc1. The zero-order valence-corrected chi connectivity index (χ0v) is 17.0. The van der Waals surface area contributed by atoms with Gasteiger partial charge in [0.15, 0.2) is 0 Å². The second-order valence-corrected chi connectivity index (χ2v) is 8.54. The molecule has 0 spiro atoms. The molecule has 6 rings (SSSR count). The van der Waals surface area contributed by atoms with Gasteiger partial charge in [-0.1, -0.05) is 84.9 Å². The lowest BCUT2D eigenvalue weighted by atomic mass is 10.1. The average Bonchev–Trinajstić information content (AvgIpc) is 3.42. The Morgan fingerprint density at radius 2 is 1.40 bits per heavy atom. The molecule has 0 aliphatic heterocycles. The van der Waals surface area contributed by atoms with Crippen molar-refractivity contribution in [3.63, 3.8) is 0 Å². The monoisotopic (exact) mass is 402 g/mol. The highest BCUT2D eigenvalue weighted by molar-refractivity contribution is 7.22.